The fraction of sp³-hybridized carbons (Fsp3) is 0.316. The molecule has 0 aliphatic heterocycles. The van der Waals surface area contributed by atoms with Gasteiger partial charge in [0.2, 0.25) is 0 Å². The molecule has 0 fully saturated rings. The van der Waals surface area contributed by atoms with Crippen LogP contribution in [0.15, 0.2) is 42.6 Å². The number of hydrogen-bond donors (Lipinski definition) is 1. The van der Waals surface area contributed by atoms with Gasteiger partial charge in [-0.1, -0.05) is 12.1 Å². The van der Waals surface area contributed by atoms with Gasteiger partial charge in [-0.25, -0.2) is 9.78 Å². The van der Waals surface area contributed by atoms with Gasteiger partial charge in [-0.3, -0.25) is 4.79 Å². The van der Waals surface area contributed by atoms with Crippen molar-refractivity contribution in [2.24, 2.45) is 0 Å². The normalized spacial score (nSPS) is 10.2. The maximum Gasteiger partial charge on any atom is 0.340 e. The van der Waals surface area contributed by atoms with E-state index < -0.39 is 5.97 Å². The fourth-order valence-electron chi connectivity index (χ4n) is 2.44. The zero-order valence-electron chi connectivity index (χ0n) is 14.8. The van der Waals surface area contributed by atoms with Crippen LogP contribution in [0.4, 0.5) is 11.5 Å². The third-order valence-corrected chi connectivity index (χ3v) is 3.74. The van der Waals surface area contributed by atoms with Crippen molar-refractivity contribution >= 4 is 23.4 Å². The molecule has 6 heteroatoms. The SMILES string of the molecule is CCOC(=O)c1ccccc1Nc1cc(C(=O)N(CC)CC)ccn1. The highest BCUT2D eigenvalue weighted by molar-refractivity contribution is 5.97. The van der Waals surface area contributed by atoms with Crippen LogP contribution >= 0.6 is 0 Å². The number of benzene rings is 1. The number of carbonyl (C=O) groups is 2. The molecule has 0 unspecified atom stereocenters. The van der Waals surface area contributed by atoms with E-state index in [9.17, 15) is 9.59 Å². The summed E-state index contributed by atoms with van der Waals surface area (Å²) in [4.78, 5) is 30.5. The van der Waals surface area contributed by atoms with Gasteiger partial charge < -0.3 is 15.0 Å². The second-order valence-electron chi connectivity index (χ2n) is 5.30. The molecule has 0 saturated heterocycles. The molecule has 1 aromatic carbocycles. The standard InChI is InChI=1S/C19H23N3O3/c1-4-22(5-2)18(23)14-11-12-20-17(13-14)21-16-10-8-7-9-15(16)19(24)25-6-3/h7-13H,4-6H2,1-3H3,(H,20,21). The van der Waals surface area contributed by atoms with Gasteiger partial charge in [0.15, 0.2) is 0 Å². The molecule has 0 bridgehead atoms. The minimum atomic E-state index is -0.402. The number of aromatic nitrogens is 1. The molecular weight excluding hydrogens is 318 g/mol. The van der Waals surface area contributed by atoms with Crippen LogP contribution in [0.3, 0.4) is 0 Å². The third kappa shape index (κ3) is 4.56. The highest BCUT2D eigenvalue weighted by atomic mass is 16.5. The van der Waals surface area contributed by atoms with Crippen molar-refractivity contribution in [1.82, 2.24) is 9.88 Å². The number of para-hydroxylation sites is 1. The fourth-order valence-corrected chi connectivity index (χ4v) is 2.44. The Bertz CT molecular complexity index is 742. The Balaban J connectivity index is 2.26. The van der Waals surface area contributed by atoms with Crippen molar-refractivity contribution in [3.05, 3.63) is 53.7 Å². The van der Waals surface area contributed by atoms with Gasteiger partial charge in [0, 0.05) is 24.8 Å². The molecule has 0 spiro atoms. The van der Waals surface area contributed by atoms with Crippen molar-refractivity contribution in [2.45, 2.75) is 20.8 Å². The summed E-state index contributed by atoms with van der Waals surface area (Å²) in [6.07, 6.45) is 1.58. The predicted octanol–water partition coefficient (Wildman–Crippen LogP) is 3.48. The first-order valence-corrected chi connectivity index (χ1v) is 8.39. The molecule has 0 aliphatic carbocycles. The Kier molecular flexibility index (Phi) is 6.51. The lowest BCUT2D eigenvalue weighted by Gasteiger charge is -2.19. The molecule has 2 aromatic rings. The van der Waals surface area contributed by atoms with E-state index in [1.54, 1.807) is 48.4 Å². The lowest BCUT2D eigenvalue weighted by Crippen LogP contribution is -2.30. The maximum atomic E-state index is 12.5. The molecule has 1 heterocycles. The molecular formula is C19H23N3O3. The van der Waals surface area contributed by atoms with Gasteiger partial charge in [0.1, 0.15) is 5.82 Å². The number of nitrogens with zero attached hydrogens (tertiary/aromatic N) is 2. The molecule has 1 N–H and O–H groups in total. The molecule has 0 atom stereocenters. The first-order chi connectivity index (χ1) is 12.1. The summed E-state index contributed by atoms with van der Waals surface area (Å²) in [6.45, 7) is 7.24. The second kappa shape index (κ2) is 8.82. The van der Waals surface area contributed by atoms with Gasteiger partial charge >= 0.3 is 5.97 Å². The molecule has 132 valence electrons. The van der Waals surface area contributed by atoms with Crippen LogP contribution in [0.2, 0.25) is 0 Å². The molecule has 0 radical (unpaired) electrons. The van der Waals surface area contributed by atoms with Crippen LogP contribution in [-0.2, 0) is 4.74 Å². The molecule has 1 aromatic heterocycles. The van der Waals surface area contributed by atoms with E-state index >= 15 is 0 Å². The van der Waals surface area contributed by atoms with Crippen LogP contribution in [0.5, 0.6) is 0 Å². The van der Waals surface area contributed by atoms with Crippen molar-refractivity contribution in [3.8, 4) is 0 Å². The number of esters is 1. The summed E-state index contributed by atoms with van der Waals surface area (Å²) in [7, 11) is 0. The Morgan fingerprint density at radius 3 is 2.52 bits per heavy atom. The van der Waals surface area contributed by atoms with E-state index in [2.05, 4.69) is 10.3 Å². The van der Waals surface area contributed by atoms with E-state index in [0.717, 1.165) is 0 Å². The van der Waals surface area contributed by atoms with Gasteiger partial charge in [0.25, 0.3) is 5.91 Å². The average molecular weight is 341 g/mol. The molecule has 0 aliphatic rings. The lowest BCUT2D eigenvalue weighted by atomic mass is 10.1. The highest BCUT2D eigenvalue weighted by Crippen LogP contribution is 2.21. The summed E-state index contributed by atoms with van der Waals surface area (Å²) in [5.41, 5.74) is 1.56. The Morgan fingerprint density at radius 1 is 1.12 bits per heavy atom. The Hall–Kier alpha value is -2.89. The predicted molar refractivity (Wildman–Crippen MR) is 97.2 cm³/mol. The minimum absolute atomic E-state index is 0.0471. The van der Waals surface area contributed by atoms with Crippen molar-refractivity contribution < 1.29 is 14.3 Å². The first-order valence-electron chi connectivity index (χ1n) is 8.39. The van der Waals surface area contributed by atoms with Crippen LogP contribution in [0.1, 0.15) is 41.5 Å². The van der Waals surface area contributed by atoms with Crippen LogP contribution in [0.25, 0.3) is 0 Å². The van der Waals surface area contributed by atoms with Crippen molar-refractivity contribution in [3.63, 3.8) is 0 Å². The number of anilines is 2. The monoisotopic (exact) mass is 341 g/mol. The smallest absolute Gasteiger partial charge is 0.340 e. The van der Waals surface area contributed by atoms with Crippen LogP contribution in [0, 0.1) is 0 Å². The zero-order chi connectivity index (χ0) is 18.2. The number of pyridine rings is 1. The van der Waals surface area contributed by atoms with E-state index in [1.807, 2.05) is 19.9 Å². The van der Waals surface area contributed by atoms with E-state index in [0.29, 0.717) is 42.3 Å². The maximum absolute atomic E-state index is 12.5. The number of ether oxygens (including phenoxy) is 1. The zero-order valence-corrected chi connectivity index (χ0v) is 14.8. The van der Waals surface area contributed by atoms with Crippen LogP contribution < -0.4 is 5.32 Å². The Morgan fingerprint density at radius 2 is 1.84 bits per heavy atom. The van der Waals surface area contributed by atoms with Gasteiger partial charge in [0.05, 0.1) is 17.9 Å². The molecule has 0 saturated carbocycles. The molecule has 2 rings (SSSR count). The summed E-state index contributed by atoms with van der Waals surface area (Å²) in [5.74, 6) is 0.0462. The van der Waals surface area contributed by atoms with E-state index in [-0.39, 0.29) is 5.91 Å². The van der Waals surface area contributed by atoms with Crippen LogP contribution in [-0.4, -0.2) is 41.5 Å². The van der Waals surface area contributed by atoms with Crippen molar-refractivity contribution in [1.29, 1.82) is 0 Å². The number of carbonyl (C=O) groups excluding carboxylic acids is 2. The largest absolute Gasteiger partial charge is 0.462 e. The molecule has 25 heavy (non-hydrogen) atoms. The number of nitrogens with one attached hydrogen (secondary N) is 1. The highest BCUT2D eigenvalue weighted by Gasteiger charge is 2.15. The number of amides is 1. The Labute approximate surface area is 147 Å². The van der Waals surface area contributed by atoms with Gasteiger partial charge in [-0.05, 0) is 45.0 Å². The minimum Gasteiger partial charge on any atom is -0.462 e. The quantitative estimate of drug-likeness (QED) is 0.781. The third-order valence-electron chi connectivity index (χ3n) is 3.74. The molecule has 6 nitrogen and oxygen atoms in total. The number of rotatable bonds is 7. The summed E-state index contributed by atoms with van der Waals surface area (Å²) in [5, 5.41) is 3.10. The summed E-state index contributed by atoms with van der Waals surface area (Å²) >= 11 is 0. The van der Waals surface area contributed by atoms with Crippen molar-refractivity contribution in [2.75, 3.05) is 25.0 Å². The van der Waals surface area contributed by atoms with Gasteiger partial charge in [-0.2, -0.15) is 0 Å². The average Bonchev–Trinajstić information content (AvgIpc) is 2.63. The molecule has 1 amide bonds. The lowest BCUT2D eigenvalue weighted by molar-refractivity contribution is 0.0527. The van der Waals surface area contributed by atoms with E-state index in [1.165, 1.54) is 0 Å². The first kappa shape index (κ1) is 18.4. The van der Waals surface area contributed by atoms with E-state index in [4.69, 9.17) is 4.74 Å². The summed E-state index contributed by atoms with van der Waals surface area (Å²) < 4.78 is 5.07. The van der Waals surface area contributed by atoms with Gasteiger partial charge in [-0.15, -0.1) is 0 Å². The summed E-state index contributed by atoms with van der Waals surface area (Å²) in [6, 6.07) is 10.4. The number of hydrogen-bond acceptors (Lipinski definition) is 5. The second-order valence-corrected chi connectivity index (χ2v) is 5.30. The topological polar surface area (TPSA) is 71.5 Å².